The number of hydrogen-bond donors (Lipinski definition) is 2. The highest BCUT2D eigenvalue weighted by Crippen LogP contribution is 2.00. The molecule has 18 heavy (non-hydrogen) atoms. The van der Waals surface area contributed by atoms with Gasteiger partial charge in [0.25, 0.3) is 0 Å². The first kappa shape index (κ1) is 14.6. The van der Waals surface area contributed by atoms with Crippen molar-refractivity contribution in [3.8, 4) is 0 Å². The minimum atomic E-state index is 0.694. The highest BCUT2D eigenvalue weighted by atomic mass is 16.3. The van der Waals surface area contributed by atoms with E-state index in [4.69, 9.17) is 4.42 Å². The summed E-state index contributed by atoms with van der Waals surface area (Å²) in [5.41, 5.74) is 0. The Labute approximate surface area is 110 Å². The van der Waals surface area contributed by atoms with Crippen molar-refractivity contribution >= 4 is 5.96 Å². The molecule has 0 aliphatic carbocycles. The summed E-state index contributed by atoms with van der Waals surface area (Å²) in [6.07, 6.45) is 3.70. The smallest absolute Gasteiger partial charge is 0.191 e. The molecule has 1 rings (SSSR count). The van der Waals surface area contributed by atoms with Crippen LogP contribution in [-0.2, 0) is 6.42 Å². The summed E-state index contributed by atoms with van der Waals surface area (Å²) in [6.45, 7) is 9.09. The van der Waals surface area contributed by atoms with Crippen molar-refractivity contribution in [1.82, 2.24) is 10.6 Å². The van der Waals surface area contributed by atoms with Crippen molar-refractivity contribution in [3.63, 3.8) is 0 Å². The van der Waals surface area contributed by atoms with Crippen LogP contribution in [0.4, 0.5) is 0 Å². The van der Waals surface area contributed by atoms with Gasteiger partial charge in [0.1, 0.15) is 5.76 Å². The van der Waals surface area contributed by atoms with E-state index in [0.717, 1.165) is 44.2 Å². The Kier molecular flexibility index (Phi) is 6.99. The zero-order chi connectivity index (χ0) is 13.2. The predicted octanol–water partition coefficient (Wildman–Crippen LogP) is 2.42. The average molecular weight is 251 g/mol. The molecular weight excluding hydrogens is 226 g/mol. The molecule has 0 fully saturated rings. The molecule has 0 atom stereocenters. The SMILES string of the molecule is CCNC(=NCCC(C)C)NCCc1ccco1. The zero-order valence-corrected chi connectivity index (χ0v) is 11.7. The second-order valence-corrected chi connectivity index (χ2v) is 4.70. The maximum Gasteiger partial charge on any atom is 0.191 e. The van der Waals surface area contributed by atoms with Crippen molar-refractivity contribution < 1.29 is 4.42 Å². The highest BCUT2D eigenvalue weighted by molar-refractivity contribution is 5.79. The van der Waals surface area contributed by atoms with Gasteiger partial charge in [-0.25, -0.2) is 0 Å². The molecular formula is C14H25N3O. The van der Waals surface area contributed by atoms with Crippen LogP contribution in [-0.4, -0.2) is 25.6 Å². The normalized spacial score (nSPS) is 11.9. The molecule has 2 N–H and O–H groups in total. The molecule has 0 saturated heterocycles. The van der Waals surface area contributed by atoms with Crippen LogP contribution in [0.3, 0.4) is 0 Å². The molecule has 0 unspecified atom stereocenters. The van der Waals surface area contributed by atoms with Crippen LogP contribution in [0.5, 0.6) is 0 Å². The monoisotopic (exact) mass is 251 g/mol. The second kappa shape index (κ2) is 8.61. The maximum absolute atomic E-state index is 5.29. The van der Waals surface area contributed by atoms with Gasteiger partial charge in [0.2, 0.25) is 0 Å². The lowest BCUT2D eigenvalue weighted by Crippen LogP contribution is -2.38. The Hall–Kier alpha value is -1.45. The third kappa shape index (κ3) is 6.33. The summed E-state index contributed by atoms with van der Waals surface area (Å²) < 4.78 is 5.29. The molecule has 0 bridgehead atoms. The Morgan fingerprint density at radius 1 is 1.39 bits per heavy atom. The molecule has 0 spiro atoms. The number of rotatable bonds is 7. The van der Waals surface area contributed by atoms with Gasteiger partial charge in [-0.1, -0.05) is 13.8 Å². The minimum Gasteiger partial charge on any atom is -0.469 e. The summed E-state index contributed by atoms with van der Waals surface area (Å²) >= 11 is 0. The van der Waals surface area contributed by atoms with Crippen LogP contribution in [0.15, 0.2) is 27.8 Å². The van der Waals surface area contributed by atoms with Crippen molar-refractivity contribution in [1.29, 1.82) is 0 Å². The summed E-state index contributed by atoms with van der Waals surface area (Å²) in [5, 5.41) is 6.56. The largest absolute Gasteiger partial charge is 0.469 e. The predicted molar refractivity (Wildman–Crippen MR) is 75.8 cm³/mol. The molecule has 0 aromatic carbocycles. The number of nitrogens with one attached hydrogen (secondary N) is 2. The number of hydrogen-bond acceptors (Lipinski definition) is 2. The first-order valence-corrected chi connectivity index (χ1v) is 6.77. The Morgan fingerprint density at radius 2 is 2.22 bits per heavy atom. The quantitative estimate of drug-likeness (QED) is 0.578. The summed E-state index contributed by atoms with van der Waals surface area (Å²) in [7, 11) is 0. The molecule has 0 radical (unpaired) electrons. The van der Waals surface area contributed by atoms with Gasteiger partial charge in [-0.3, -0.25) is 4.99 Å². The first-order valence-electron chi connectivity index (χ1n) is 6.77. The van der Waals surface area contributed by atoms with Crippen molar-refractivity contribution in [2.45, 2.75) is 33.6 Å². The van der Waals surface area contributed by atoms with E-state index >= 15 is 0 Å². The van der Waals surface area contributed by atoms with Gasteiger partial charge in [-0.15, -0.1) is 0 Å². The summed E-state index contributed by atoms with van der Waals surface area (Å²) in [5.74, 6) is 2.59. The van der Waals surface area contributed by atoms with Gasteiger partial charge in [0, 0.05) is 26.1 Å². The van der Waals surface area contributed by atoms with Gasteiger partial charge in [0.05, 0.1) is 6.26 Å². The van der Waals surface area contributed by atoms with E-state index in [-0.39, 0.29) is 0 Å². The van der Waals surface area contributed by atoms with E-state index in [1.165, 1.54) is 0 Å². The lowest BCUT2D eigenvalue weighted by molar-refractivity contribution is 0.506. The van der Waals surface area contributed by atoms with E-state index in [9.17, 15) is 0 Å². The number of aliphatic imine (C=N–C) groups is 1. The molecule has 0 aliphatic heterocycles. The molecule has 0 aliphatic rings. The standard InChI is InChI=1S/C14H25N3O/c1-4-15-14(16-9-7-12(2)3)17-10-8-13-6-5-11-18-13/h5-6,11-12H,4,7-10H2,1-3H3,(H2,15,16,17). The maximum atomic E-state index is 5.29. The van der Waals surface area contributed by atoms with Crippen LogP contribution in [0.25, 0.3) is 0 Å². The molecule has 4 nitrogen and oxygen atoms in total. The average Bonchev–Trinajstić information content (AvgIpc) is 2.81. The second-order valence-electron chi connectivity index (χ2n) is 4.70. The van der Waals surface area contributed by atoms with Crippen LogP contribution in [0, 0.1) is 5.92 Å². The fraction of sp³-hybridized carbons (Fsp3) is 0.643. The van der Waals surface area contributed by atoms with Crippen LogP contribution in [0.2, 0.25) is 0 Å². The number of nitrogens with zero attached hydrogens (tertiary/aromatic N) is 1. The van der Waals surface area contributed by atoms with Gasteiger partial charge in [-0.05, 0) is 31.4 Å². The fourth-order valence-electron chi connectivity index (χ4n) is 1.54. The lowest BCUT2D eigenvalue weighted by Gasteiger charge is -2.11. The molecule has 1 aromatic heterocycles. The van der Waals surface area contributed by atoms with Crippen LogP contribution < -0.4 is 10.6 Å². The van der Waals surface area contributed by atoms with Gasteiger partial charge in [0.15, 0.2) is 5.96 Å². The summed E-state index contributed by atoms with van der Waals surface area (Å²) in [4.78, 5) is 4.54. The first-order chi connectivity index (χ1) is 8.72. The molecule has 4 heteroatoms. The zero-order valence-electron chi connectivity index (χ0n) is 11.7. The van der Waals surface area contributed by atoms with E-state index in [1.54, 1.807) is 6.26 Å². The van der Waals surface area contributed by atoms with E-state index in [2.05, 4.69) is 36.4 Å². The third-order valence-corrected chi connectivity index (χ3v) is 2.56. The highest BCUT2D eigenvalue weighted by Gasteiger charge is 1.99. The van der Waals surface area contributed by atoms with Gasteiger partial charge < -0.3 is 15.1 Å². The minimum absolute atomic E-state index is 0.694. The van der Waals surface area contributed by atoms with E-state index < -0.39 is 0 Å². The lowest BCUT2D eigenvalue weighted by atomic mass is 10.1. The molecule has 102 valence electrons. The topological polar surface area (TPSA) is 49.6 Å². The fourth-order valence-corrected chi connectivity index (χ4v) is 1.54. The molecule has 0 amide bonds. The van der Waals surface area contributed by atoms with E-state index in [1.807, 2.05) is 12.1 Å². The van der Waals surface area contributed by atoms with Crippen molar-refractivity contribution in [3.05, 3.63) is 24.2 Å². The van der Waals surface area contributed by atoms with Crippen molar-refractivity contribution in [2.24, 2.45) is 10.9 Å². The number of guanidine groups is 1. The molecule has 1 aromatic rings. The van der Waals surface area contributed by atoms with Gasteiger partial charge >= 0.3 is 0 Å². The van der Waals surface area contributed by atoms with Crippen LogP contribution >= 0.6 is 0 Å². The van der Waals surface area contributed by atoms with Crippen LogP contribution in [0.1, 0.15) is 33.0 Å². The molecule has 1 heterocycles. The van der Waals surface area contributed by atoms with Crippen molar-refractivity contribution in [2.75, 3.05) is 19.6 Å². The Bertz CT molecular complexity index is 331. The Morgan fingerprint density at radius 3 is 2.83 bits per heavy atom. The third-order valence-electron chi connectivity index (χ3n) is 2.56. The Balaban J connectivity index is 2.28. The molecule has 0 saturated carbocycles. The summed E-state index contributed by atoms with van der Waals surface area (Å²) in [6, 6.07) is 3.90. The number of furan rings is 1. The van der Waals surface area contributed by atoms with Gasteiger partial charge in [-0.2, -0.15) is 0 Å². The van der Waals surface area contributed by atoms with E-state index in [0.29, 0.717) is 5.92 Å².